The summed E-state index contributed by atoms with van der Waals surface area (Å²) in [5.41, 5.74) is 5.79. The summed E-state index contributed by atoms with van der Waals surface area (Å²) in [6, 6.07) is 12.6. The van der Waals surface area contributed by atoms with E-state index in [0.717, 1.165) is 35.9 Å². The summed E-state index contributed by atoms with van der Waals surface area (Å²) in [7, 11) is 0. The van der Waals surface area contributed by atoms with Gasteiger partial charge in [-0.2, -0.15) is 0 Å². The lowest BCUT2D eigenvalue weighted by atomic mass is 9.96. The van der Waals surface area contributed by atoms with E-state index in [1.807, 2.05) is 36.8 Å². The van der Waals surface area contributed by atoms with Crippen LogP contribution in [0.15, 0.2) is 55.0 Å². The van der Waals surface area contributed by atoms with Gasteiger partial charge in [0.25, 0.3) is 0 Å². The van der Waals surface area contributed by atoms with Crippen molar-refractivity contribution in [1.29, 1.82) is 0 Å². The topological polar surface area (TPSA) is 46.0 Å². The summed E-state index contributed by atoms with van der Waals surface area (Å²) < 4.78 is 2.27. The number of pyridine rings is 2. The first-order valence-corrected chi connectivity index (χ1v) is 10.6. The van der Waals surface area contributed by atoms with E-state index in [1.165, 1.54) is 17.0 Å². The predicted molar refractivity (Wildman–Crippen MR) is 120 cm³/mol. The smallest absolute Gasteiger partial charge is 0.170 e. The highest BCUT2D eigenvalue weighted by Gasteiger charge is 2.41. The maximum absolute atomic E-state index is 5.75. The molecule has 1 aliphatic rings. The summed E-state index contributed by atoms with van der Waals surface area (Å²) in [5.74, 6) is 0. The van der Waals surface area contributed by atoms with Crippen LogP contribution >= 0.6 is 12.2 Å². The molecule has 4 heterocycles. The van der Waals surface area contributed by atoms with Crippen LogP contribution in [0.25, 0.3) is 5.69 Å². The van der Waals surface area contributed by atoms with Crippen LogP contribution in [0.4, 0.5) is 0 Å². The summed E-state index contributed by atoms with van der Waals surface area (Å²) in [6.45, 7) is 7.49. The Morgan fingerprint density at radius 3 is 2.69 bits per heavy atom. The fraction of sp³-hybridized carbons (Fsp3) is 0.348. The minimum absolute atomic E-state index is 0.0309. The van der Waals surface area contributed by atoms with Crippen molar-refractivity contribution < 1.29 is 0 Å². The summed E-state index contributed by atoms with van der Waals surface area (Å²) in [6.07, 6.45) is 7.81. The van der Waals surface area contributed by atoms with Crippen LogP contribution in [-0.4, -0.2) is 31.1 Å². The van der Waals surface area contributed by atoms with Crippen molar-refractivity contribution in [3.63, 3.8) is 0 Å². The van der Waals surface area contributed by atoms with Gasteiger partial charge < -0.3 is 14.8 Å². The molecule has 1 aliphatic heterocycles. The number of aryl methyl sites for hydroxylation is 1. The molecule has 0 aliphatic carbocycles. The van der Waals surface area contributed by atoms with Gasteiger partial charge >= 0.3 is 0 Å². The predicted octanol–water partition coefficient (Wildman–Crippen LogP) is 4.66. The lowest BCUT2D eigenvalue weighted by molar-refractivity contribution is 0.312. The molecule has 6 heteroatoms. The van der Waals surface area contributed by atoms with Crippen LogP contribution in [-0.2, 0) is 0 Å². The molecule has 0 unspecified atom stereocenters. The van der Waals surface area contributed by atoms with Gasteiger partial charge in [-0.15, -0.1) is 0 Å². The Hall–Kier alpha value is -2.73. The Morgan fingerprint density at radius 1 is 1.14 bits per heavy atom. The van der Waals surface area contributed by atoms with Crippen molar-refractivity contribution in [2.45, 2.75) is 45.7 Å². The molecule has 0 spiro atoms. The van der Waals surface area contributed by atoms with Gasteiger partial charge in [-0.3, -0.25) is 9.97 Å². The fourth-order valence-corrected chi connectivity index (χ4v) is 4.62. The number of nitrogens with one attached hydrogen (secondary N) is 1. The SMILES string of the molecule is CCCCN1C(=S)N[C@H](c2ccccn2)[C@H]1c1cc(C)n(-c2cccnc2)c1C. The normalized spacial score (nSPS) is 18.9. The molecule has 1 fully saturated rings. The van der Waals surface area contributed by atoms with Gasteiger partial charge in [0.05, 0.1) is 29.7 Å². The van der Waals surface area contributed by atoms with E-state index in [4.69, 9.17) is 12.2 Å². The van der Waals surface area contributed by atoms with E-state index in [0.29, 0.717) is 0 Å². The number of unbranched alkanes of at least 4 members (excludes halogenated alkanes) is 1. The standard InChI is InChI=1S/C23H27N5S/c1-4-5-13-27-22(21(26-23(27)29)20-10-6-7-12-25-20)19-14-16(2)28(17(19)3)18-9-8-11-24-15-18/h6-12,14-15,21-22H,4-5,13H2,1-3H3,(H,26,29)/t21-,22-/m1/s1. The highest BCUT2D eigenvalue weighted by molar-refractivity contribution is 7.80. The van der Waals surface area contributed by atoms with Crippen LogP contribution in [0.3, 0.4) is 0 Å². The van der Waals surface area contributed by atoms with E-state index in [1.54, 1.807) is 0 Å². The van der Waals surface area contributed by atoms with Gasteiger partial charge in [-0.1, -0.05) is 19.4 Å². The summed E-state index contributed by atoms with van der Waals surface area (Å²) in [4.78, 5) is 11.3. The van der Waals surface area contributed by atoms with Crippen LogP contribution < -0.4 is 5.32 Å². The highest BCUT2D eigenvalue weighted by atomic mass is 32.1. The monoisotopic (exact) mass is 405 g/mol. The number of thiocarbonyl (C=S) groups is 1. The van der Waals surface area contributed by atoms with Gasteiger partial charge in [-0.05, 0) is 68.4 Å². The molecule has 3 aromatic heterocycles. The van der Waals surface area contributed by atoms with Gasteiger partial charge in [-0.25, -0.2) is 0 Å². The van der Waals surface area contributed by atoms with Crippen molar-refractivity contribution in [3.05, 3.63) is 77.6 Å². The van der Waals surface area contributed by atoms with Crippen molar-refractivity contribution in [1.82, 2.24) is 24.8 Å². The Bertz CT molecular complexity index is 983. The highest BCUT2D eigenvalue weighted by Crippen LogP contribution is 2.41. The van der Waals surface area contributed by atoms with E-state index < -0.39 is 0 Å². The summed E-state index contributed by atoms with van der Waals surface area (Å²) >= 11 is 5.75. The Balaban J connectivity index is 1.81. The number of rotatable bonds is 6. The summed E-state index contributed by atoms with van der Waals surface area (Å²) in [5, 5.41) is 4.36. The number of nitrogens with zero attached hydrogens (tertiary/aromatic N) is 4. The molecule has 1 N–H and O–H groups in total. The molecule has 0 amide bonds. The molecular formula is C23H27N5S. The van der Waals surface area contributed by atoms with Crippen molar-refractivity contribution in [2.75, 3.05) is 6.54 Å². The lowest BCUT2D eigenvalue weighted by Gasteiger charge is -2.28. The molecule has 5 nitrogen and oxygen atoms in total. The van der Waals surface area contributed by atoms with Gasteiger partial charge in [0.15, 0.2) is 5.11 Å². The number of hydrogen-bond acceptors (Lipinski definition) is 3. The van der Waals surface area contributed by atoms with Gasteiger partial charge in [0.2, 0.25) is 0 Å². The van der Waals surface area contributed by atoms with Crippen molar-refractivity contribution in [3.8, 4) is 5.69 Å². The Morgan fingerprint density at radius 2 is 2.00 bits per heavy atom. The molecule has 2 atom stereocenters. The van der Waals surface area contributed by atoms with Gasteiger partial charge in [0.1, 0.15) is 0 Å². The third kappa shape index (κ3) is 3.65. The number of hydrogen-bond donors (Lipinski definition) is 1. The minimum Gasteiger partial charge on any atom is -0.352 e. The zero-order valence-corrected chi connectivity index (χ0v) is 18.0. The van der Waals surface area contributed by atoms with Gasteiger partial charge in [0, 0.05) is 30.3 Å². The molecule has 1 saturated heterocycles. The van der Waals surface area contributed by atoms with Crippen molar-refractivity contribution >= 4 is 17.3 Å². The van der Waals surface area contributed by atoms with Crippen LogP contribution in [0.5, 0.6) is 0 Å². The molecular weight excluding hydrogens is 378 g/mol. The molecule has 3 aromatic rings. The first-order chi connectivity index (χ1) is 14.1. The fourth-order valence-electron chi connectivity index (χ4n) is 4.28. The van der Waals surface area contributed by atoms with Crippen LogP contribution in [0.1, 0.15) is 54.5 Å². The van der Waals surface area contributed by atoms with Crippen LogP contribution in [0.2, 0.25) is 0 Å². The maximum atomic E-state index is 5.75. The first-order valence-electron chi connectivity index (χ1n) is 10.2. The second-order valence-corrected chi connectivity index (χ2v) is 7.93. The Kier molecular flexibility index (Phi) is 5.62. The van der Waals surface area contributed by atoms with Crippen LogP contribution in [0, 0.1) is 13.8 Å². The largest absolute Gasteiger partial charge is 0.352 e. The van der Waals surface area contributed by atoms with Crippen molar-refractivity contribution in [2.24, 2.45) is 0 Å². The number of aromatic nitrogens is 3. The third-order valence-electron chi connectivity index (χ3n) is 5.64. The quantitative estimate of drug-likeness (QED) is 0.605. The second-order valence-electron chi connectivity index (χ2n) is 7.55. The minimum atomic E-state index is 0.0309. The van der Waals surface area contributed by atoms with E-state index in [2.05, 4.69) is 63.7 Å². The van der Waals surface area contributed by atoms with E-state index in [9.17, 15) is 0 Å². The maximum Gasteiger partial charge on any atom is 0.170 e. The van der Waals surface area contributed by atoms with E-state index in [-0.39, 0.29) is 12.1 Å². The average molecular weight is 406 g/mol. The molecule has 0 bridgehead atoms. The Labute approximate surface area is 177 Å². The zero-order chi connectivity index (χ0) is 20.4. The zero-order valence-electron chi connectivity index (χ0n) is 17.2. The lowest BCUT2D eigenvalue weighted by Crippen LogP contribution is -2.30. The molecule has 4 rings (SSSR count). The average Bonchev–Trinajstić information content (AvgIpc) is 3.23. The molecule has 0 saturated carbocycles. The molecule has 29 heavy (non-hydrogen) atoms. The second kappa shape index (κ2) is 8.33. The molecule has 0 radical (unpaired) electrons. The third-order valence-corrected chi connectivity index (χ3v) is 6.00. The molecule has 0 aromatic carbocycles. The molecule has 150 valence electrons. The first kappa shape index (κ1) is 19.6. The van der Waals surface area contributed by atoms with E-state index >= 15 is 0 Å².